The fourth-order valence-corrected chi connectivity index (χ4v) is 7.16. The number of alkyl halides is 5. The van der Waals surface area contributed by atoms with Crippen LogP contribution in [0.15, 0.2) is 77.7 Å². The van der Waals surface area contributed by atoms with Crippen LogP contribution in [0.3, 0.4) is 0 Å². The van der Waals surface area contributed by atoms with E-state index < -0.39 is 76.4 Å². The van der Waals surface area contributed by atoms with E-state index in [-0.39, 0.29) is 60.5 Å². The number of alkyl carbamates (subject to hydrolysis) is 1. The van der Waals surface area contributed by atoms with Gasteiger partial charge in [-0.2, -0.15) is 8.78 Å². The maximum atomic E-state index is 13.7. The predicted octanol–water partition coefficient (Wildman–Crippen LogP) is 7.60. The molecule has 1 saturated heterocycles. The molecule has 3 aromatic rings. The minimum Gasteiger partial charge on any atom is -0.489 e. The van der Waals surface area contributed by atoms with E-state index in [1.165, 1.54) is 43.3 Å². The molecular weight excluding hydrogens is 822 g/mol. The second-order valence-corrected chi connectivity index (χ2v) is 17.5. The molecule has 1 aliphatic rings. The van der Waals surface area contributed by atoms with Crippen molar-refractivity contribution in [1.29, 1.82) is 0 Å². The van der Waals surface area contributed by atoms with Crippen LogP contribution in [0.2, 0.25) is 0 Å². The molecule has 0 radical (unpaired) electrons. The Morgan fingerprint density at radius 3 is 2.05 bits per heavy atom. The molecule has 2 amide bonds. The second kappa shape index (κ2) is 20.4. The largest absolute Gasteiger partial charge is 0.573 e. The number of sulfone groups is 1. The SMILES string of the molecule is CCS(=O)(=O)c1ccc([C@H](CCOC(=O)C(NC(=O)OC(C)(C)C)C(C)C)NC(=O)c2ccc(N3C[C@@H](Oc4ccc(OC(F)(F)F)cc4)C[C@H]3COC(F)F)cc2)cc1. The van der Waals surface area contributed by atoms with Crippen LogP contribution in [0.1, 0.15) is 76.3 Å². The molecule has 1 aliphatic heterocycles. The maximum Gasteiger partial charge on any atom is 0.573 e. The predicted molar refractivity (Wildman–Crippen MR) is 210 cm³/mol. The molecule has 4 rings (SSSR count). The monoisotopic (exact) mass is 871 g/mol. The molecule has 0 aliphatic carbocycles. The fraction of sp³-hybridized carbons (Fsp3) is 0.488. The van der Waals surface area contributed by atoms with Gasteiger partial charge >= 0.3 is 25.0 Å². The number of benzene rings is 3. The number of carbonyl (C=O) groups is 3. The first-order valence-corrected chi connectivity index (χ1v) is 20.8. The molecule has 1 fully saturated rings. The van der Waals surface area contributed by atoms with Gasteiger partial charge < -0.3 is 39.2 Å². The summed E-state index contributed by atoms with van der Waals surface area (Å²) in [7, 11) is -3.52. The number of anilines is 1. The first kappa shape index (κ1) is 47.5. The smallest absolute Gasteiger partial charge is 0.489 e. The number of nitrogens with one attached hydrogen (secondary N) is 2. The van der Waals surface area contributed by atoms with Gasteiger partial charge in [0.2, 0.25) is 0 Å². The molecule has 3 aromatic carbocycles. The Morgan fingerprint density at radius 2 is 1.50 bits per heavy atom. The normalized spacial score (nSPS) is 16.9. The third kappa shape index (κ3) is 14.5. The molecule has 19 heteroatoms. The zero-order chi connectivity index (χ0) is 44.4. The minimum atomic E-state index is -4.86. The summed E-state index contributed by atoms with van der Waals surface area (Å²) < 4.78 is 114. The van der Waals surface area contributed by atoms with Crippen molar-refractivity contribution < 1.29 is 68.4 Å². The number of nitrogens with zero attached hydrogens (tertiary/aromatic N) is 1. The van der Waals surface area contributed by atoms with Gasteiger partial charge in [-0.15, -0.1) is 13.2 Å². The van der Waals surface area contributed by atoms with E-state index in [1.54, 1.807) is 63.8 Å². The highest BCUT2D eigenvalue weighted by molar-refractivity contribution is 7.91. The lowest BCUT2D eigenvalue weighted by atomic mass is 10.0. The van der Waals surface area contributed by atoms with Crippen LogP contribution in [-0.4, -0.2) is 88.7 Å². The highest BCUT2D eigenvalue weighted by Gasteiger charge is 2.35. The minimum absolute atomic E-state index is 0.0613. The van der Waals surface area contributed by atoms with Crippen molar-refractivity contribution >= 4 is 33.5 Å². The fourth-order valence-electron chi connectivity index (χ4n) is 6.27. The Balaban J connectivity index is 1.48. The average Bonchev–Trinajstić information content (AvgIpc) is 3.57. The lowest BCUT2D eigenvalue weighted by Crippen LogP contribution is -2.47. The Hall–Kier alpha value is -5.17. The summed E-state index contributed by atoms with van der Waals surface area (Å²) in [5.41, 5.74) is 0.476. The van der Waals surface area contributed by atoms with Gasteiger partial charge in [0, 0.05) is 24.1 Å². The van der Waals surface area contributed by atoms with E-state index in [4.69, 9.17) is 14.2 Å². The van der Waals surface area contributed by atoms with E-state index in [0.717, 1.165) is 12.1 Å². The van der Waals surface area contributed by atoms with Gasteiger partial charge in [0.15, 0.2) is 9.84 Å². The number of amides is 2. The average molecular weight is 872 g/mol. The molecule has 4 atom stereocenters. The van der Waals surface area contributed by atoms with Crippen LogP contribution in [0.25, 0.3) is 0 Å². The number of hydrogen-bond donors (Lipinski definition) is 2. The van der Waals surface area contributed by atoms with Gasteiger partial charge in [0.05, 0.1) is 42.5 Å². The summed E-state index contributed by atoms with van der Waals surface area (Å²) in [6.45, 7) is 6.62. The Morgan fingerprint density at radius 1 is 0.883 bits per heavy atom. The van der Waals surface area contributed by atoms with E-state index in [9.17, 15) is 44.8 Å². The van der Waals surface area contributed by atoms with Gasteiger partial charge in [0.1, 0.15) is 29.2 Å². The van der Waals surface area contributed by atoms with Gasteiger partial charge in [-0.3, -0.25) is 4.79 Å². The highest BCUT2D eigenvalue weighted by atomic mass is 32.2. The van der Waals surface area contributed by atoms with Crippen LogP contribution >= 0.6 is 0 Å². The van der Waals surface area contributed by atoms with Crippen molar-refractivity contribution in [3.8, 4) is 11.5 Å². The Kier molecular flexibility index (Phi) is 16.1. The summed E-state index contributed by atoms with van der Waals surface area (Å²) in [5.74, 6) is -1.93. The first-order valence-electron chi connectivity index (χ1n) is 19.1. The molecule has 0 spiro atoms. The standard InChI is InChI=1S/C41H50F5N3O10S/c1-7-60(53,54)33-18-10-26(11-19-33)34(20-21-55-37(51)35(25(2)3)48-39(52)59-40(4,5)6)47-36(50)27-8-12-28(13-9-27)49-23-32(22-29(49)24-56-38(42)43)57-30-14-16-31(17-15-30)58-41(44,45)46/h8-19,25,29,32,34-35,38H,7,20-24H2,1-6H3,(H,47,50)(H,48,52)/t29-,32-,34-,35?/m0/s1. The summed E-state index contributed by atoms with van der Waals surface area (Å²) in [5, 5.41) is 5.44. The molecule has 0 saturated carbocycles. The Bertz CT molecular complexity index is 1990. The van der Waals surface area contributed by atoms with Crippen molar-refractivity contribution in [2.45, 2.75) is 102 Å². The quantitative estimate of drug-likeness (QED) is 0.0958. The lowest BCUT2D eigenvalue weighted by molar-refractivity contribution is -0.274. The van der Waals surface area contributed by atoms with Crippen molar-refractivity contribution in [3.05, 3.63) is 83.9 Å². The van der Waals surface area contributed by atoms with Crippen molar-refractivity contribution in [2.24, 2.45) is 5.92 Å². The number of ether oxygens (including phenoxy) is 5. The molecular formula is C41H50F5N3O10S. The van der Waals surface area contributed by atoms with Crippen LogP contribution in [0.4, 0.5) is 32.4 Å². The van der Waals surface area contributed by atoms with Gasteiger partial charge in [-0.1, -0.05) is 32.9 Å². The number of halogens is 5. The summed E-state index contributed by atoms with van der Waals surface area (Å²) in [6, 6.07) is 14.6. The van der Waals surface area contributed by atoms with Crippen LogP contribution in [0, 0.1) is 5.92 Å². The van der Waals surface area contributed by atoms with Crippen molar-refractivity contribution in [3.63, 3.8) is 0 Å². The molecule has 60 heavy (non-hydrogen) atoms. The van der Waals surface area contributed by atoms with Crippen LogP contribution < -0.4 is 25.0 Å². The number of hydrogen-bond acceptors (Lipinski definition) is 11. The van der Waals surface area contributed by atoms with Gasteiger partial charge in [0.25, 0.3) is 5.91 Å². The molecule has 0 bridgehead atoms. The van der Waals surface area contributed by atoms with Crippen molar-refractivity contribution in [2.75, 3.05) is 30.4 Å². The number of carbonyl (C=O) groups excluding carboxylic acids is 3. The molecule has 0 aromatic heterocycles. The number of esters is 1. The molecule has 13 nitrogen and oxygen atoms in total. The Labute approximate surface area is 345 Å². The van der Waals surface area contributed by atoms with E-state index in [0.29, 0.717) is 11.3 Å². The maximum absolute atomic E-state index is 13.7. The highest BCUT2D eigenvalue weighted by Crippen LogP contribution is 2.31. The molecule has 1 unspecified atom stereocenters. The third-order valence-electron chi connectivity index (χ3n) is 9.18. The van der Waals surface area contributed by atoms with E-state index in [2.05, 4.69) is 20.1 Å². The molecule has 2 N–H and O–H groups in total. The second-order valence-electron chi connectivity index (χ2n) is 15.3. The van der Waals surface area contributed by atoms with E-state index >= 15 is 0 Å². The zero-order valence-corrected chi connectivity index (χ0v) is 34.8. The van der Waals surface area contributed by atoms with E-state index in [1.807, 2.05) is 0 Å². The van der Waals surface area contributed by atoms with Gasteiger partial charge in [-0.05, 0) is 92.9 Å². The third-order valence-corrected chi connectivity index (χ3v) is 10.9. The van der Waals surface area contributed by atoms with Crippen LogP contribution in [-0.2, 0) is 28.8 Å². The summed E-state index contributed by atoms with van der Waals surface area (Å²) >= 11 is 0. The van der Waals surface area contributed by atoms with Crippen molar-refractivity contribution in [1.82, 2.24) is 10.6 Å². The first-order chi connectivity index (χ1) is 28.0. The van der Waals surface area contributed by atoms with Crippen LogP contribution in [0.5, 0.6) is 11.5 Å². The molecule has 1 heterocycles. The van der Waals surface area contributed by atoms with Gasteiger partial charge in [-0.25, -0.2) is 18.0 Å². The molecule has 330 valence electrons. The number of rotatable bonds is 18. The summed E-state index contributed by atoms with van der Waals surface area (Å²) in [4.78, 5) is 41.0. The lowest BCUT2D eigenvalue weighted by Gasteiger charge is -2.26. The zero-order valence-electron chi connectivity index (χ0n) is 34.0. The summed E-state index contributed by atoms with van der Waals surface area (Å²) in [6.07, 6.45) is -5.93. The topological polar surface area (TPSA) is 159 Å².